The average molecular weight is 220 g/mol. The highest BCUT2D eigenvalue weighted by Gasteiger charge is 2.06. The molecule has 0 aliphatic rings. The van der Waals surface area contributed by atoms with Crippen LogP contribution in [0, 0.1) is 0 Å². The fraction of sp³-hybridized carbons (Fsp3) is 0.462. The van der Waals surface area contributed by atoms with Gasteiger partial charge in [-0.05, 0) is 17.5 Å². The van der Waals surface area contributed by atoms with Gasteiger partial charge in [0, 0.05) is 13.6 Å². The van der Waals surface area contributed by atoms with Crippen LogP contribution in [0.3, 0.4) is 0 Å². The SMILES string of the molecule is CCCc1ccc(CN(C)C(=O)CN)cc1. The molecule has 88 valence electrons. The first kappa shape index (κ1) is 12.7. The molecule has 0 unspecified atom stereocenters. The molecule has 0 aliphatic heterocycles. The molecule has 1 amide bonds. The second-order valence-corrected chi connectivity index (χ2v) is 4.02. The highest BCUT2D eigenvalue weighted by atomic mass is 16.2. The smallest absolute Gasteiger partial charge is 0.236 e. The third-order valence-corrected chi connectivity index (χ3v) is 2.58. The Kier molecular flexibility index (Phi) is 4.99. The van der Waals surface area contributed by atoms with E-state index in [9.17, 15) is 4.79 Å². The summed E-state index contributed by atoms with van der Waals surface area (Å²) in [5, 5.41) is 0. The molecule has 1 aromatic carbocycles. The zero-order valence-corrected chi connectivity index (χ0v) is 10.1. The molecule has 3 nitrogen and oxygen atoms in total. The molecule has 0 bridgehead atoms. The van der Waals surface area contributed by atoms with Gasteiger partial charge in [-0.15, -0.1) is 0 Å². The van der Waals surface area contributed by atoms with Crippen molar-refractivity contribution in [1.82, 2.24) is 4.90 Å². The third kappa shape index (κ3) is 3.66. The largest absolute Gasteiger partial charge is 0.340 e. The van der Waals surface area contributed by atoms with E-state index >= 15 is 0 Å². The van der Waals surface area contributed by atoms with Crippen molar-refractivity contribution >= 4 is 5.91 Å². The molecule has 0 radical (unpaired) electrons. The molecule has 0 saturated heterocycles. The monoisotopic (exact) mass is 220 g/mol. The van der Waals surface area contributed by atoms with Gasteiger partial charge < -0.3 is 10.6 Å². The van der Waals surface area contributed by atoms with Gasteiger partial charge >= 0.3 is 0 Å². The van der Waals surface area contributed by atoms with Crippen LogP contribution in [0.1, 0.15) is 24.5 Å². The lowest BCUT2D eigenvalue weighted by Crippen LogP contribution is -2.32. The second kappa shape index (κ2) is 6.28. The number of carbonyl (C=O) groups excluding carboxylic acids is 1. The highest BCUT2D eigenvalue weighted by molar-refractivity contribution is 5.77. The Bertz CT molecular complexity index is 332. The molecule has 16 heavy (non-hydrogen) atoms. The van der Waals surface area contributed by atoms with Crippen molar-refractivity contribution in [3.63, 3.8) is 0 Å². The molecular formula is C13H20N2O. The third-order valence-electron chi connectivity index (χ3n) is 2.58. The van der Waals surface area contributed by atoms with Crippen LogP contribution < -0.4 is 5.73 Å². The Labute approximate surface area is 97.2 Å². The van der Waals surface area contributed by atoms with Crippen molar-refractivity contribution < 1.29 is 4.79 Å². The normalized spacial score (nSPS) is 10.2. The van der Waals surface area contributed by atoms with Crippen LogP contribution in [-0.2, 0) is 17.8 Å². The number of nitrogens with two attached hydrogens (primary N) is 1. The maximum absolute atomic E-state index is 11.3. The van der Waals surface area contributed by atoms with E-state index in [4.69, 9.17) is 5.73 Å². The first-order chi connectivity index (χ1) is 7.67. The Morgan fingerprint density at radius 2 is 1.81 bits per heavy atom. The van der Waals surface area contributed by atoms with Crippen LogP contribution in [0.4, 0.5) is 0 Å². The minimum absolute atomic E-state index is 0.0300. The lowest BCUT2D eigenvalue weighted by atomic mass is 10.1. The molecule has 1 rings (SSSR count). The number of carbonyl (C=O) groups is 1. The van der Waals surface area contributed by atoms with Crippen molar-refractivity contribution in [2.75, 3.05) is 13.6 Å². The Morgan fingerprint density at radius 3 is 2.31 bits per heavy atom. The summed E-state index contributed by atoms with van der Waals surface area (Å²) in [4.78, 5) is 12.9. The number of rotatable bonds is 5. The van der Waals surface area contributed by atoms with Crippen molar-refractivity contribution in [3.8, 4) is 0 Å². The van der Waals surface area contributed by atoms with Crippen LogP contribution in [0.25, 0.3) is 0 Å². The number of nitrogens with zero attached hydrogens (tertiary/aromatic N) is 1. The second-order valence-electron chi connectivity index (χ2n) is 4.02. The Morgan fingerprint density at radius 1 is 1.25 bits per heavy atom. The summed E-state index contributed by atoms with van der Waals surface area (Å²) in [6.45, 7) is 2.87. The summed E-state index contributed by atoms with van der Waals surface area (Å²) in [7, 11) is 1.77. The molecule has 0 aliphatic carbocycles. The number of amides is 1. The number of likely N-dealkylation sites (N-methyl/N-ethyl adjacent to an activating group) is 1. The molecule has 1 aromatic rings. The lowest BCUT2D eigenvalue weighted by molar-refractivity contribution is -0.128. The van der Waals surface area contributed by atoms with Crippen LogP contribution in [-0.4, -0.2) is 24.4 Å². The van der Waals surface area contributed by atoms with E-state index < -0.39 is 0 Å². The maximum atomic E-state index is 11.3. The van der Waals surface area contributed by atoms with E-state index in [1.54, 1.807) is 11.9 Å². The van der Waals surface area contributed by atoms with Crippen molar-refractivity contribution in [2.24, 2.45) is 5.73 Å². The van der Waals surface area contributed by atoms with Crippen LogP contribution >= 0.6 is 0 Å². The first-order valence-corrected chi connectivity index (χ1v) is 5.69. The minimum atomic E-state index is -0.0300. The molecule has 0 atom stereocenters. The topological polar surface area (TPSA) is 46.3 Å². The van der Waals surface area contributed by atoms with Gasteiger partial charge in [-0.25, -0.2) is 0 Å². The van der Waals surface area contributed by atoms with Crippen LogP contribution in [0.2, 0.25) is 0 Å². The summed E-state index contributed by atoms with van der Waals surface area (Å²) >= 11 is 0. The Hall–Kier alpha value is -1.35. The summed E-state index contributed by atoms with van der Waals surface area (Å²) < 4.78 is 0. The first-order valence-electron chi connectivity index (χ1n) is 5.69. The van der Waals surface area contributed by atoms with Gasteiger partial charge in [-0.2, -0.15) is 0 Å². The molecule has 0 saturated carbocycles. The summed E-state index contributed by atoms with van der Waals surface area (Å²) in [5.74, 6) is -0.0300. The molecule has 0 fully saturated rings. The standard InChI is InChI=1S/C13H20N2O/c1-3-4-11-5-7-12(8-6-11)10-15(2)13(16)9-14/h5-8H,3-4,9-10,14H2,1-2H3. The van der Waals surface area contributed by atoms with Gasteiger partial charge in [-0.3, -0.25) is 4.79 Å². The van der Waals surface area contributed by atoms with Gasteiger partial charge in [0.2, 0.25) is 5.91 Å². The van der Waals surface area contributed by atoms with Gasteiger partial charge in [0.1, 0.15) is 0 Å². The zero-order valence-electron chi connectivity index (χ0n) is 10.1. The molecule has 0 heterocycles. The number of hydrogen-bond donors (Lipinski definition) is 1. The van der Waals surface area contributed by atoms with Gasteiger partial charge in [0.05, 0.1) is 6.54 Å². The van der Waals surface area contributed by atoms with E-state index in [2.05, 4.69) is 31.2 Å². The number of hydrogen-bond acceptors (Lipinski definition) is 2. The highest BCUT2D eigenvalue weighted by Crippen LogP contribution is 2.08. The summed E-state index contributed by atoms with van der Waals surface area (Å²) in [6.07, 6.45) is 2.27. The molecule has 0 aromatic heterocycles. The van der Waals surface area contributed by atoms with Crippen molar-refractivity contribution in [2.45, 2.75) is 26.3 Å². The predicted molar refractivity (Wildman–Crippen MR) is 66.0 cm³/mol. The average Bonchev–Trinajstić information content (AvgIpc) is 2.31. The quantitative estimate of drug-likeness (QED) is 0.818. The van der Waals surface area contributed by atoms with E-state index in [0.717, 1.165) is 18.4 Å². The van der Waals surface area contributed by atoms with E-state index in [1.807, 2.05) is 0 Å². The van der Waals surface area contributed by atoms with Crippen LogP contribution in [0.15, 0.2) is 24.3 Å². The van der Waals surface area contributed by atoms with E-state index in [-0.39, 0.29) is 12.5 Å². The van der Waals surface area contributed by atoms with Crippen LogP contribution in [0.5, 0.6) is 0 Å². The molecular weight excluding hydrogens is 200 g/mol. The van der Waals surface area contributed by atoms with E-state index in [0.29, 0.717) is 6.54 Å². The molecule has 2 N–H and O–H groups in total. The van der Waals surface area contributed by atoms with E-state index in [1.165, 1.54) is 5.56 Å². The lowest BCUT2D eigenvalue weighted by Gasteiger charge is -2.16. The predicted octanol–water partition coefficient (Wildman–Crippen LogP) is 1.56. The zero-order chi connectivity index (χ0) is 12.0. The fourth-order valence-corrected chi connectivity index (χ4v) is 1.62. The summed E-state index contributed by atoms with van der Waals surface area (Å²) in [5.41, 5.74) is 7.79. The van der Waals surface area contributed by atoms with Gasteiger partial charge in [0.15, 0.2) is 0 Å². The van der Waals surface area contributed by atoms with Gasteiger partial charge in [-0.1, -0.05) is 37.6 Å². The summed E-state index contributed by atoms with van der Waals surface area (Å²) in [6, 6.07) is 8.40. The number of aryl methyl sites for hydroxylation is 1. The molecule has 3 heteroatoms. The van der Waals surface area contributed by atoms with Crippen molar-refractivity contribution in [3.05, 3.63) is 35.4 Å². The minimum Gasteiger partial charge on any atom is -0.340 e. The Balaban J connectivity index is 2.58. The maximum Gasteiger partial charge on any atom is 0.236 e. The number of benzene rings is 1. The van der Waals surface area contributed by atoms with Crippen molar-refractivity contribution in [1.29, 1.82) is 0 Å². The molecule has 0 spiro atoms. The van der Waals surface area contributed by atoms with Gasteiger partial charge in [0.25, 0.3) is 0 Å². The fourth-order valence-electron chi connectivity index (χ4n) is 1.62.